The van der Waals surface area contributed by atoms with E-state index in [9.17, 15) is 18.4 Å². The predicted octanol–water partition coefficient (Wildman–Crippen LogP) is 0.135. The van der Waals surface area contributed by atoms with Crippen LogP contribution in [0.4, 0.5) is 0 Å². The zero-order valence-corrected chi connectivity index (χ0v) is 12.2. The van der Waals surface area contributed by atoms with Gasteiger partial charge in [-0.2, -0.15) is 8.42 Å². The van der Waals surface area contributed by atoms with Gasteiger partial charge in [0.05, 0.1) is 16.8 Å². The molecule has 0 saturated heterocycles. The van der Waals surface area contributed by atoms with E-state index in [-0.39, 0.29) is 6.54 Å². The summed E-state index contributed by atoms with van der Waals surface area (Å²) in [5, 5.41) is 15.3. The van der Waals surface area contributed by atoms with Crippen LogP contribution in [0.25, 0.3) is 0 Å². The molecular formula is C11H19N2O5S. The predicted molar refractivity (Wildman–Crippen MR) is 68.2 cm³/mol. The molecule has 8 heteroatoms. The van der Waals surface area contributed by atoms with Crippen LogP contribution >= 0.6 is 0 Å². The molecule has 1 radical (unpaired) electrons. The van der Waals surface area contributed by atoms with E-state index >= 15 is 0 Å². The molecule has 0 atom stereocenters. The van der Waals surface area contributed by atoms with Crippen LogP contribution in [0.15, 0.2) is 11.6 Å². The first-order valence-corrected chi connectivity index (χ1v) is 7.43. The number of hydrogen-bond donors (Lipinski definition) is 2. The molecule has 0 spiro atoms. The number of carbonyl (C=O) groups is 1. The van der Waals surface area contributed by atoms with Crippen molar-refractivity contribution in [3.63, 3.8) is 0 Å². The summed E-state index contributed by atoms with van der Waals surface area (Å²) in [6, 6.07) is 0. The van der Waals surface area contributed by atoms with Crippen molar-refractivity contribution >= 4 is 16.0 Å². The van der Waals surface area contributed by atoms with E-state index in [1.165, 1.54) is 0 Å². The summed E-state index contributed by atoms with van der Waals surface area (Å²) in [5.41, 5.74) is -1.48. The van der Waals surface area contributed by atoms with E-state index in [1.807, 2.05) is 0 Å². The Morgan fingerprint density at radius 2 is 1.89 bits per heavy atom. The van der Waals surface area contributed by atoms with Gasteiger partial charge in [0.25, 0.3) is 10.1 Å². The van der Waals surface area contributed by atoms with Crippen LogP contribution in [0.3, 0.4) is 0 Å². The van der Waals surface area contributed by atoms with Gasteiger partial charge in [0.15, 0.2) is 0 Å². The summed E-state index contributed by atoms with van der Waals surface area (Å²) in [6.45, 7) is 6.44. The first-order valence-electron chi connectivity index (χ1n) is 5.82. The number of hydrogen-bond acceptors (Lipinski definition) is 4. The first kappa shape index (κ1) is 16.1. The van der Waals surface area contributed by atoms with E-state index in [2.05, 4.69) is 5.32 Å². The fraction of sp³-hybridized carbons (Fsp3) is 0.727. The molecule has 109 valence electrons. The highest BCUT2D eigenvalue weighted by atomic mass is 32.2. The maximum absolute atomic E-state index is 12.0. The van der Waals surface area contributed by atoms with Crippen LogP contribution in [0.5, 0.6) is 0 Å². The molecule has 0 aliphatic carbocycles. The Bertz CT molecular complexity index is 507. The molecule has 1 aliphatic heterocycles. The summed E-state index contributed by atoms with van der Waals surface area (Å²) < 4.78 is 29.7. The zero-order valence-electron chi connectivity index (χ0n) is 11.4. The highest BCUT2D eigenvalue weighted by molar-refractivity contribution is 7.85. The van der Waals surface area contributed by atoms with Crippen molar-refractivity contribution in [2.75, 3.05) is 12.3 Å². The van der Waals surface area contributed by atoms with E-state index in [1.54, 1.807) is 33.8 Å². The summed E-state index contributed by atoms with van der Waals surface area (Å²) >= 11 is 0. The van der Waals surface area contributed by atoms with Gasteiger partial charge in [0.1, 0.15) is 0 Å². The molecule has 0 aromatic rings. The highest BCUT2D eigenvalue weighted by Crippen LogP contribution is 2.38. The number of hydroxylamine groups is 2. The Balaban J connectivity index is 2.78. The molecule has 0 fully saturated rings. The Morgan fingerprint density at radius 1 is 1.37 bits per heavy atom. The normalized spacial score (nSPS) is 22.1. The molecule has 1 aliphatic rings. The van der Waals surface area contributed by atoms with Gasteiger partial charge < -0.3 is 5.32 Å². The number of amides is 1. The Morgan fingerprint density at radius 3 is 2.26 bits per heavy atom. The highest BCUT2D eigenvalue weighted by Gasteiger charge is 2.48. The van der Waals surface area contributed by atoms with Crippen LogP contribution in [-0.4, -0.2) is 47.3 Å². The summed E-state index contributed by atoms with van der Waals surface area (Å²) in [5.74, 6) is -1.06. The van der Waals surface area contributed by atoms with Crippen molar-refractivity contribution in [2.24, 2.45) is 0 Å². The lowest BCUT2D eigenvalue weighted by Crippen LogP contribution is -2.48. The lowest BCUT2D eigenvalue weighted by atomic mass is 9.96. The lowest BCUT2D eigenvalue weighted by Gasteiger charge is -2.33. The zero-order chi connectivity index (χ0) is 15.1. The molecule has 2 N–H and O–H groups in total. The van der Waals surface area contributed by atoms with E-state index < -0.39 is 32.9 Å². The van der Waals surface area contributed by atoms with Crippen LogP contribution in [0, 0.1) is 0 Å². The second-order valence-corrected chi connectivity index (χ2v) is 7.18. The van der Waals surface area contributed by atoms with Gasteiger partial charge in [0.2, 0.25) is 5.91 Å². The molecule has 0 aromatic carbocycles. The fourth-order valence-corrected chi connectivity index (χ4v) is 2.51. The number of carbonyl (C=O) groups excluding carboxylic acids is 1. The third-order valence-electron chi connectivity index (χ3n) is 3.08. The third-order valence-corrected chi connectivity index (χ3v) is 3.80. The number of rotatable bonds is 4. The van der Waals surface area contributed by atoms with Gasteiger partial charge >= 0.3 is 0 Å². The fourth-order valence-electron chi connectivity index (χ4n) is 2.15. The van der Waals surface area contributed by atoms with Crippen molar-refractivity contribution in [1.82, 2.24) is 10.4 Å². The Kier molecular flexibility index (Phi) is 4.12. The number of nitrogens with one attached hydrogen (secondary N) is 1. The average Bonchev–Trinajstić information content (AvgIpc) is 2.37. The molecule has 19 heavy (non-hydrogen) atoms. The minimum atomic E-state index is -4.11. The maximum atomic E-state index is 12.0. The largest absolute Gasteiger partial charge is 0.351 e. The van der Waals surface area contributed by atoms with E-state index in [0.29, 0.717) is 5.57 Å². The molecule has 0 bridgehead atoms. The molecule has 0 unspecified atom stereocenters. The molecule has 1 heterocycles. The lowest BCUT2D eigenvalue weighted by molar-refractivity contribution is -0.238. The number of nitrogens with zero attached hydrogens (tertiary/aromatic N) is 1. The van der Waals surface area contributed by atoms with Gasteiger partial charge in [0, 0.05) is 12.1 Å². The van der Waals surface area contributed by atoms with Crippen LogP contribution in [-0.2, 0) is 20.1 Å². The minimum absolute atomic E-state index is 0.204. The minimum Gasteiger partial charge on any atom is -0.351 e. The summed E-state index contributed by atoms with van der Waals surface area (Å²) in [4.78, 5) is 12.0. The first-order chi connectivity index (χ1) is 8.38. The maximum Gasteiger partial charge on any atom is 0.266 e. The van der Waals surface area contributed by atoms with Crippen molar-refractivity contribution in [2.45, 2.75) is 38.8 Å². The third kappa shape index (κ3) is 3.53. The van der Waals surface area contributed by atoms with Crippen molar-refractivity contribution in [1.29, 1.82) is 0 Å². The Labute approximate surface area is 113 Å². The average molecular weight is 291 g/mol. The molecule has 0 aromatic heterocycles. The van der Waals surface area contributed by atoms with Gasteiger partial charge in [-0.05, 0) is 27.7 Å². The summed E-state index contributed by atoms with van der Waals surface area (Å²) in [7, 11) is -4.11. The van der Waals surface area contributed by atoms with Gasteiger partial charge in [-0.15, -0.1) is 10.3 Å². The standard InChI is InChI=1S/C11H19N2O5S/c1-10(2)7-8(11(3,4)13(10)15)9(14)12-5-6-19(16,17)18/h7H,5-6H2,1-4H3,(H,12,14)(H,16,17,18). The molecular weight excluding hydrogens is 272 g/mol. The van der Waals surface area contributed by atoms with Gasteiger partial charge in [-0.3, -0.25) is 9.35 Å². The van der Waals surface area contributed by atoms with E-state index in [0.717, 1.165) is 5.06 Å². The monoisotopic (exact) mass is 291 g/mol. The van der Waals surface area contributed by atoms with Gasteiger partial charge in [-0.1, -0.05) is 6.08 Å². The van der Waals surface area contributed by atoms with Crippen molar-refractivity contribution < 1.29 is 23.0 Å². The second kappa shape index (κ2) is 4.86. The SMILES string of the molecule is CC1(C)C=C(C(=O)NCCS(=O)(=O)O)C(C)(C)N1[O]. The Hall–Kier alpha value is -0.960. The topological polar surface area (TPSA) is 107 Å². The molecule has 1 rings (SSSR count). The van der Waals surface area contributed by atoms with E-state index in [4.69, 9.17) is 4.55 Å². The molecule has 7 nitrogen and oxygen atoms in total. The van der Waals surface area contributed by atoms with Crippen LogP contribution in [0.2, 0.25) is 0 Å². The van der Waals surface area contributed by atoms with Crippen LogP contribution in [0.1, 0.15) is 27.7 Å². The quantitative estimate of drug-likeness (QED) is 0.716. The molecule has 0 saturated carbocycles. The smallest absolute Gasteiger partial charge is 0.266 e. The van der Waals surface area contributed by atoms with Crippen molar-refractivity contribution in [3.8, 4) is 0 Å². The van der Waals surface area contributed by atoms with Gasteiger partial charge in [-0.25, -0.2) is 0 Å². The summed E-state index contributed by atoms with van der Waals surface area (Å²) in [6.07, 6.45) is 1.57. The van der Waals surface area contributed by atoms with Crippen LogP contribution < -0.4 is 5.32 Å². The molecule has 1 amide bonds. The van der Waals surface area contributed by atoms with Crippen molar-refractivity contribution in [3.05, 3.63) is 11.6 Å². The second-order valence-electron chi connectivity index (χ2n) is 5.61.